The molecule has 1 amide bonds. The molecule has 5 heteroatoms. The molecule has 2 atom stereocenters. The van der Waals surface area contributed by atoms with Crippen LogP contribution in [0.25, 0.3) is 0 Å². The van der Waals surface area contributed by atoms with E-state index in [-0.39, 0.29) is 5.91 Å². The first kappa shape index (κ1) is 15.6. The molecule has 20 heavy (non-hydrogen) atoms. The molecule has 1 unspecified atom stereocenters. The van der Waals surface area contributed by atoms with E-state index in [1.807, 2.05) is 19.2 Å². The van der Waals surface area contributed by atoms with Crippen molar-refractivity contribution in [3.05, 3.63) is 33.8 Å². The molecule has 2 rings (SSSR count). The second-order valence-corrected chi connectivity index (χ2v) is 6.57. The van der Waals surface area contributed by atoms with E-state index < -0.39 is 0 Å². The van der Waals surface area contributed by atoms with E-state index >= 15 is 0 Å². The van der Waals surface area contributed by atoms with Crippen LogP contribution < -0.4 is 10.2 Å². The van der Waals surface area contributed by atoms with Crippen LogP contribution in [-0.4, -0.2) is 25.5 Å². The van der Waals surface area contributed by atoms with Crippen LogP contribution in [-0.2, 0) is 11.3 Å². The van der Waals surface area contributed by atoms with E-state index in [1.54, 1.807) is 6.07 Å². The van der Waals surface area contributed by atoms with E-state index in [4.69, 9.17) is 23.2 Å². The van der Waals surface area contributed by atoms with Crippen LogP contribution in [0.2, 0.25) is 10.0 Å². The Balaban J connectivity index is 1.80. The third-order valence-corrected chi connectivity index (χ3v) is 4.41. The number of hydrogen-bond donors (Lipinski definition) is 2. The molecule has 0 aromatic heterocycles. The van der Waals surface area contributed by atoms with Gasteiger partial charge in [-0.3, -0.25) is 4.79 Å². The van der Waals surface area contributed by atoms with Crippen molar-refractivity contribution in [1.29, 1.82) is 0 Å². The lowest BCUT2D eigenvalue weighted by Crippen LogP contribution is -3.09. The van der Waals surface area contributed by atoms with Crippen molar-refractivity contribution >= 4 is 29.1 Å². The van der Waals surface area contributed by atoms with Crippen molar-refractivity contribution in [2.45, 2.75) is 32.4 Å². The summed E-state index contributed by atoms with van der Waals surface area (Å²) in [6.45, 7) is 3.31. The maximum atomic E-state index is 11.9. The number of benzene rings is 1. The van der Waals surface area contributed by atoms with Gasteiger partial charge >= 0.3 is 0 Å². The van der Waals surface area contributed by atoms with Gasteiger partial charge in [-0.2, -0.15) is 0 Å². The SMILES string of the molecule is C[C@H](NC(=O)C[NH+](C)Cc1ccc(Cl)c(Cl)c1)C1CC1. The fourth-order valence-corrected chi connectivity index (χ4v) is 2.67. The first-order valence-electron chi connectivity index (χ1n) is 7.00. The van der Waals surface area contributed by atoms with Crippen molar-refractivity contribution in [3.63, 3.8) is 0 Å². The van der Waals surface area contributed by atoms with E-state index in [9.17, 15) is 4.79 Å². The lowest BCUT2D eigenvalue weighted by atomic mass is 10.2. The highest BCUT2D eigenvalue weighted by Gasteiger charge is 2.29. The normalized spacial score (nSPS) is 17.6. The molecule has 0 saturated heterocycles. The van der Waals surface area contributed by atoms with Gasteiger partial charge in [0, 0.05) is 11.6 Å². The lowest BCUT2D eigenvalue weighted by molar-refractivity contribution is -0.885. The van der Waals surface area contributed by atoms with Gasteiger partial charge in [-0.1, -0.05) is 29.3 Å². The van der Waals surface area contributed by atoms with Gasteiger partial charge in [-0.15, -0.1) is 0 Å². The van der Waals surface area contributed by atoms with Crippen molar-refractivity contribution in [2.75, 3.05) is 13.6 Å². The molecule has 0 bridgehead atoms. The van der Waals surface area contributed by atoms with Crippen molar-refractivity contribution < 1.29 is 9.69 Å². The van der Waals surface area contributed by atoms with Crippen molar-refractivity contribution in [1.82, 2.24) is 5.32 Å². The van der Waals surface area contributed by atoms with Crippen molar-refractivity contribution in [2.24, 2.45) is 5.92 Å². The minimum Gasteiger partial charge on any atom is -0.348 e. The van der Waals surface area contributed by atoms with Gasteiger partial charge in [-0.05, 0) is 37.8 Å². The molecule has 0 radical (unpaired) electrons. The standard InChI is InChI=1S/C15H20Cl2N2O/c1-10(12-4-5-12)18-15(20)9-19(2)8-11-3-6-13(16)14(17)7-11/h3,6-7,10,12H,4-5,8-9H2,1-2H3,(H,18,20)/p+1/t10-/m0/s1. The number of hydrogen-bond acceptors (Lipinski definition) is 1. The zero-order valence-corrected chi connectivity index (χ0v) is 13.4. The molecule has 1 aliphatic carbocycles. The number of rotatable bonds is 6. The van der Waals surface area contributed by atoms with Crippen LogP contribution in [0.1, 0.15) is 25.3 Å². The molecule has 1 aromatic carbocycles. The first-order chi connectivity index (χ1) is 9.45. The number of nitrogens with one attached hydrogen (secondary N) is 2. The maximum absolute atomic E-state index is 11.9. The number of carbonyl (C=O) groups excluding carboxylic acids is 1. The van der Waals surface area contributed by atoms with E-state index in [0.717, 1.165) is 17.0 Å². The molecule has 1 aliphatic rings. The second kappa shape index (κ2) is 6.79. The summed E-state index contributed by atoms with van der Waals surface area (Å²) in [4.78, 5) is 13.1. The summed E-state index contributed by atoms with van der Waals surface area (Å²) in [6.07, 6.45) is 2.49. The third kappa shape index (κ3) is 4.65. The topological polar surface area (TPSA) is 33.5 Å². The minimum atomic E-state index is 0.113. The third-order valence-electron chi connectivity index (χ3n) is 3.67. The molecule has 1 fully saturated rings. The van der Waals surface area contributed by atoms with Gasteiger partial charge in [-0.25, -0.2) is 0 Å². The quantitative estimate of drug-likeness (QED) is 0.826. The molecule has 0 heterocycles. The zero-order chi connectivity index (χ0) is 14.7. The fraction of sp³-hybridized carbons (Fsp3) is 0.533. The van der Waals surface area contributed by atoms with E-state index in [1.165, 1.54) is 12.8 Å². The van der Waals surface area contributed by atoms with Gasteiger partial charge in [0.1, 0.15) is 6.54 Å². The average molecular weight is 316 g/mol. The van der Waals surface area contributed by atoms with E-state index in [0.29, 0.717) is 28.5 Å². The number of quaternary nitrogens is 1. The maximum Gasteiger partial charge on any atom is 0.275 e. The molecule has 0 spiro atoms. The largest absolute Gasteiger partial charge is 0.348 e. The van der Waals surface area contributed by atoms with Crippen molar-refractivity contribution in [3.8, 4) is 0 Å². The predicted molar refractivity (Wildman–Crippen MR) is 82.2 cm³/mol. The summed E-state index contributed by atoms with van der Waals surface area (Å²) >= 11 is 11.9. The lowest BCUT2D eigenvalue weighted by Gasteiger charge is -2.17. The van der Waals surface area contributed by atoms with Gasteiger partial charge in [0.05, 0.1) is 17.1 Å². The minimum absolute atomic E-state index is 0.113. The molecule has 0 aliphatic heterocycles. The molecule has 3 nitrogen and oxygen atoms in total. The molecular weight excluding hydrogens is 295 g/mol. The summed E-state index contributed by atoms with van der Waals surface area (Å²) in [5.41, 5.74) is 1.08. The molecule has 110 valence electrons. The molecule has 1 saturated carbocycles. The molecule has 2 N–H and O–H groups in total. The summed E-state index contributed by atoms with van der Waals surface area (Å²) in [5, 5.41) is 4.19. The van der Waals surface area contributed by atoms with Crippen LogP contribution in [0.4, 0.5) is 0 Å². The van der Waals surface area contributed by atoms with Gasteiger partial charge < -0.3 is 10.2 Å². The predicted octanol–water partition coefficient (Wildman–Crippen LogP) is 1.92. The Morgan fingerprint density at radius 1 is 1.40 bits per heavy atom. The van der Waals surface area contributed by atoms with Gasteiger partial charge in [0.2, 0.25) is 0 Å². The first-order valence-corrected chi connectivity index (χ1v) is 7.76. The summed E-state index contributed by atoms with van der Waals surface area (Å²) < 4.78 is 0. The number of likely N-dealkylation sites (N-methyl/N-ethyl adjacent to an activating group) is 1. The monoisotopic (exact) mass is 315 g/mol. The van der Waals surface area contributed by atoms with Crippen LogP contribution in [0.3, 0.4) is 0 Å². The second-order valence-electron chi connectivity index (χ2n) is 5.75. The zero-order valence-electron chi connectivity index (χ0n) is 11.9. The van der Waals surface area contributed by atoms with Gasteiger partial charge in [0.25, 0.3) is 5.91 Å². The Labute approximate surface area is 130 Å². The Morgan fingerprint density at radius 3 is 2.70 bits per heavy atom. The van der Waals surface area contributed by atoms with Crippen LogP contribution in [0.15, 0.2) is 18.2 Å². The molecular formula is C15H21Cl2N2O+. The van der Waals surface area contributed by atoms with E-state index in [2.05, 4.69) is 12.2 Å². The highest BCUT2D eigenvalue weighted by molar-refractivity contribution is 6.42. The Kier molecular flexibility index (Phi) is 5.30. The Morgan fingerprint density at radius 2 is 2.10 bits per heavy atom. The highest BCUT2D eigenvalue weighted by atomic mass is 35.5. The summed E-state index contributed by atoms with van der Waals surface area (Å²) in [6, 6.07) is 5.91. The highest BCUT2D eigenvalue weighted by Crippen LogP contribution is 2.32. The number of amides is 1. The van der Waals surface area contributed by atoms with Crippen LogP contribution >= 0.6 is 23.2 Å². The van der Waals surface area contributed by atoms with Crippen LogP contribution in [0, 0.1) is 5.92 Å². The fourth-order valence-electron chi connectivity index (χ4n) is 2.35. The average Bonchev–Trinajstić information content (AvgIpc) is 3.17. The Hall–Kier alpha value is -0.770. The number of carbonyl (C=O) groups is 1. The number of halogens is 2. The summed E-state index contributed by atoms with van der Waals surface area (Å²) in [5.74, 6) is 0.802. The summed E-state index contributed by atoms with van der Waals surface area (Å²) in [7, 11) is 2.00. The van der Waals surface area contributed by atoms with Crippen LogP contribution in [0.5, 0.6) is 0 Å². The van der Waals surface area contributed by atoms with Gasteiger partial charge in [0.15, 0.2) is 6.54 Å². The molecule has 1 aromatic rings. The smallest absolute Gasteiger partial charge is 0.275 e. The Bertz CT molecular complexity index is 489.